The Balaban J connectivity index is 2.31. The van der Waals surface area contributed by atoms with Crippen molar-refractivity contribution in [3.05, 3.63) is 30.4 Å². The summed E-state index contributed by atoms with van der Waals surface area (Å²) in [6, 6.07) is 1.59. The molecule has 0 aliphatic rings. The molecule has 2 aromatic rings. The van der Waals surface area contributed by atoms with E-state index < -0.39 is 0 Å². The van der Waals surface area contributed by atoms with Gasteiger partial charge in [-0.25, -0.2) is 14.6 Å². The van der Waals surface area contributed by atoms with E-state index in [4.69, 9.17) is 5.73 Å². The van der Waals surface area contributed by atoms with Gasteiger partial charge in [0.25, 0.3) is 5.91 Å². The molecule has 0 fully saturated rings. The molecule has 3 N–H and O–H groups in total. The van der Waals surface area contributed by atoms with Crippen molar-refractivity contribution in [1.82, 2.24) is 25.1 Å². The normalized spacial score (nSPS) is 10.1. The van der Waals surface area contributed by atoms with Crippen LogP contribution in [0.4, 0.5) is 5.82 Å². The number of carbonyl (C=O) groups excluding carboxylic acids is 1. The number of anilines is 1. The Morgan fingerprint density at radius 3 is 2.88 bits per heavy atom. The topological polar surface area (TPSA) is 98.7 Å². The van der Waals surface area contributed by atoms with Crippen LogP contribution in [0.25, 0.3) is 5.82 Å². The van der Waals surface area contributed by atoms with Gasteiger partial charge in [0, 0.05) is 13.2 Å². The summed E-state index contributed by atoms with van der Waals surface area (Å²) in [7, 11) is 1.55. The molecule has 0 aromatic carbocycles. The van der Waals surface area contributed by atoms with E-state index in [-0.39, 0.29) is 5.91 Å². The number of nitrogens with two attached hydrogens (primary N) is 1. The Morgan fingerprint density at radius 2 is 2.25 bits per heavy atom. The third kappa shape index (κ3) is 1.83. The smallest absolute Gasteiger partial charge is 0.271 e. The van der Waals surface area contributed by atoms with Crippen LogP contribution in [-0.4, -0.2) is 32.7 Å². The highest BCUT2D eigenvalue weighted by molar-refractivity contribution is 5.91. The van der Waals surface area contributed by atoms with Gasteiger partial charge >= 0.3 is 0 Å². The standard InChI is InChI=1S/C9H10N6O/c1-11-9(16)6-2-3-15(14-6)8-5-12-7(10)4-13-8/h2-5H,1H3,(H2,10,12)(H,11,16). The van der Waals surface area contributed by atoms with Gasteiger partial charge < -0.3 is 11.1 Å². The van der Waals surface area contributed by atoms with Gasteiger partial charge in [0.05, 0.1) is 12.4 Å². The predicted octanol–water partition coefficient (Wildman–Crippen LogP) is -0.396. The second-order valence-electron chi connectivity index (χ2n) is 3.02. The van der Waals surface area contributed by atoms with Crippen LogP contribution in [0, 0.1) is 0 Å². The van der Waals surface area contributed by atoms with Gasteiger partial charge in [0.15, 0.2) is 11.5 Å². The Labute approximate surface area is 91.3 Å². The van der Waals surface area contributed by atoms with Crippen LogP contribution in [0.15, 0.2) is 24.7 Å². The number of nitrogens with one attached hydrogen (secondary N) is 1. The van der Waals surface area contributed by atoms with Crippen molar-refractivity contribution in [3.63, 3.8) is 0 Å². The fourth-order valence-corrected chi connectivity index (χ4v) is 1.15. The lowest BCUT2D eigenvalue weighted by Crippen LogP contribution is -2.18. The number of hydrogen-bond acceptors (Lipinski definition) is 5. The summed E-state index contributed by atoms with van der Waals surface area (Å²) in [4.78, 5) is 19.2. The van der Waals surface area contributed by atoms with Crippen LogP contribution in [0.3, 0.4) is 0 Å². The number of hydrogen-bond donors (Lipinski definition) is 2. The minimum Gasteiger partial charge on any atom is -0.382 e. The Bertz CT molecular complexity index is 503. The van der Waals surface area contributed by atoms with Crippen LogP contribution >= 0.6 is 0 Å². The molecule has 0 saturated carbocycles. The zero-order valence-electron chi connectivity index (χ0n) is 8.58. The second kappa shape index (κ2) is 3.97. The van der Waals surface area contributed by atoms with Crippen LogP contribution < -0.4 is 11.1 Å². The number of aromatic nitrogens is 4. The molecule has 0 bridgehead atoms. The number of amides is 1. The third-order valence-electron chi connectivity index (χ3n) is 1.94. The molecule has 7 nitrogen and oxygen atoms in total. The maximum atomic E-state index is 11.3. The van der Waals surface area contributed by atoms with E-state index in [1.807, 2.05) is 0 Å². The lowest BCUT2D eigenvalue weighted by Gasteiger charge is -1.99. The lowest BCUT2D eigenvalue weighted by atomic mass is 10.4. The molecule has 2 rings (SSSR count). The molecule has 82 valence electrons. The van der Waals surface area contributed by atoms with Gasteiger partial charge in [-0.1, -0.05) is 0 Å². The average molecular weight is 218 g/mol. The minimum absolute atomic E-state index is 0.248. The Hall–Kier alpha value is -2.44. The molecule has 0 saturated heterocycles. The van der Waals surface area contributed by atoms with Crippen LogP contribution in [0.5, 0.6) is 0 Å². The molecular formula is C9H10N6O. The highest BCUT2D eigenvalue weighted by Crippen LogP contribution is 2.04. The molecule has 0 unspecified atom stereocenters. The third-order valence-corrected chi connectivity index (χ3v) is 1.94. The van der Waals surface area contributed by atoms with E-state index in [1.54, 1.807) is 19.3 Å². The molecule has 0 aliphatic heterocycles. The minimum atomic E-state index is -0.248. The van der Waals surface area contributed by atoms with Gasteiger partial charge in [0.1, 0.15) is 5.82 Å². The second-order valence-corrected chi connectivity index (χ2v) is 3.02. The van der Waals surface area contributed by atoms with E-state index in [0.717, 1.165) is 0 Å². The van der Waals surface area contributed by atoms with E-state index in [0.29, 0.717) is 17.3 Å². The molecule has 0 atom stereocenters. The molecule has 2 heterocycles. The summed E-state index contributed by atoms with van der Waals surface area (Å²) in [6.45, 7) is 0. The zero-order valence-corrected chi connectivity index (χ0v) is 8.58. The van der Waals surface area contributed by atoms with Crippen molar-refractivity contribution >= 4 is 11.7 Å². The molecule has 2 aromatic heterocycles. The SMILES string of the molecule is CNC(=O)c1ccn(-c2cnc(N)cn2)n1. The molecular weight excluding hydrogens is 208 g/mol. The monoisotopic (exact) mass is 218 g/mol. The molecule has 1 amide bonds. The van der Waals surface area contributed by atoms with E-state index in [2.05, 4.69) is 20.4 Å². The first-order valence-electron chi connectivity index (χ1n) is 4.56. The number of rotatable bonds is 2. The molecule has 0 spiro atoms. The lowest BCUT2D eigenvalue weighted by molar-refractivity contribution is 0.0957. The molecule has 0 aliphatic carbocycles. The fraction of sp³-hybridized carbons (Fsp3) is 0.111. The van der Waals surface area contributed by atoms with Crippen molar-refractivity contribution in [3.8, 4) is 5.82 Å². The summed E-state index contributed by atoms with van der Waals surface area (Å²) in [5, 5.41) is 6.53. The van der Waals surface area contributed by atoms with Crippen molar-refractivity contribution in [2.45, 2.75) is 0 Å². The first-order valence-corrected chi connectivity index (χ1v) is 4.56. The van der Waals surface area contributed by atoms with Crippen LogP contribution in [0.2, 0.25) is 0 Å². The van der Waals surface area contributed by atoms with Gasteiger partial charge in [-0.2, -0.15) is 5.10 Å². The highest BCUT2D eigenvalue weighted by Gasteiger charge is 2.08. The summed E-state index contributed by atoms with van der Waals surface area (Å²) in [6.07, 6.45) is 4.54. The van der Waals surface area contributed by atoms with Crippen molar-refractivity contribution in [2.75, 3.05) is 12.8 Å². The van der Waals surface area contributed by atoms with Gasteiger partial charge in [-0.15, -0.1) is 0 Å². The van der Waals surface area contributed by atoms with Crippen LogP contribution in [0.1, 0.15) is 10.5 Å². The predicted molar refractivity (Wildman–Crippen MR) is 57.0 cm³/mol. The van der Waals surface area contributed by atoms with Crippen molar-refractivity contribution in [2.24, 2.45) is 0 Å². The van der Waals surface area contributed by atoms with Gasteiger partial charge in [-0.05, 0) is 6.07 Å². The maximum Gasteiger partial charge on any atom is 0.271 e. The van der Waals surface area contributed by atoms with Crippen molar-refractivity contribution in [1.29, 1.82) is 0 Å². The number of nitrogens with zero attached hydrogens (tertiary/aromatic N) is 4. The van der Waals surface area contributed by atoms with Crippen molar-refractivity contribution < 1.29 is 4.79 Å². The largest absolute Gasteiger partial charge is 0.382 e. The number of carbonyl (C=O) groups is 1. The average Bonchev–Trinajstić information content (AvgIpc) is 2.78. The van der Waals surface area contributed by atoms with E-state index >= 15 is 0 Å². The van der Waals surface area contributed by atoms with Gasteiger partial charge in [0.2, 0.25) is 0 Å². The summed E-state index contributed by atoms with van der Waals surface area (Å²) < 4.78 is 1.46. The summed E-state index contributed by atoms with van der Waals surface area (Å²) >= 11 is 0. The Morgan fingerprint density at radius 1 is 1.44 bits per heavy atom. The quantitative estimate of drug-likeness (QED) is 0.714. The van der Waals surface area contributed by atoms with Crippen LogP contribution in [-0.2, 0) is 0 Å². The first kappa shape index (κ1) is 10.1. The molecule has 16 heavy (non-hydrogen) atoms. The van der Waals surface area contributed by atoms with Gasteiger partial charge in [-0.3, -0.25) is 4.79 Å². The Kier molecular flexibility index (Phi) is 2.50. The fourth-order valence-electron chi connectivity index (χ4n) is 1.15. The summed E-state index contributed by atoms with van der Waals surface area (Å²) in [5.41, 5.74) is 5.73. The first-order chi connectivity index (χ1) is 7.70. The molecule has 0 radical (unpaired) electrons. The molecule has 7 heteroatoms. The highest BCUT2D eigenvalue weighted by atomic mass is 16.1. The van der Waals surface area contributed by atoms with E-state index in [1.165, 1.54) is 17.1 Å². The van der Waals surface area contributed by atoms with E-state index in [9.17, 15) is 4.79 Å². The number of nitrogen functional groups attached to an aromatic ring is 1. The summed E-state index contributed by atoms with van der Waals surface area (Å²) in [5.74, 6) is 0.592. The zero-order chi connectivity index (χ0) is 11.5. The maximum absolute atomic E-state index is 11.3.